The number of unbranched alkanes of at least 4 members (excludes halogenated alkanes) is 1. The monoisotopic (exact) mass is 316 g/mol. The second-order valence-electron chi connectivity index (χ2n) is 5.41. The molecular formula is C17H24N4O2. The number of carbonyl (C=O) groups is 1. The van der Waals surface area contributed by atoms with Gasteiger partial charge in [0.15, 0.2) is 0 Å². The molecule has 2 N–H and O–H groups in total. The Morgan fingerprint density at radius 1 is 1.30 bits per heavy atom. The molecule has 0 fully saturated rings. The molecule has 0 aliphatic rings. The van der Waals surface area contributed by atoms with Crippen LogP contribution in [0.2, 0.25) is 0 Å². The third-order valence-corrected chi connectivity index (χ3v) is 3.55. The molecule has 1 aromatic carbocycles. The van der Waals surface area contributed by atoms with Crippen molar-refractivity contribution in [1.82, 2.24) is 14.7 Å². The van der Waals surface area contributed by atoms with E-state index in [1.807, 2.05) is 43.5 Å². The van der Waals surface area contributed by atoms with Crippen LogP contribution in [0.25, 0.3) is 5.69 Å². The zero-order valence-electron chi connectivity index (χ0n) is 13.7. The summed E-state index contributed by atoms with van der Waals surface area (Å²) in [6.45, 7) is 4.91. The van der Waals surface area contributed by atoms with E-state index in [4.69, 9.17) is 5.11 Å². The number of amides is 2. The molecule has 0 bridgehead atoms. The van der Waals surface area contributed by atoms with Crippen LogP contribution in [0.15, 0.2) is 36.5 Å². The maximum absolute atomic E-state index is 12.5. The number of benzene rings is 1. The Hall–Kier alpha value is -2.34. The van der Waals surface area contributed by atoms with Gasteiger partial charge < -0.3 is 15.3 Å². The van der Waals surface area contributed by atoms with Gasteiger partial charge >= 0.3 is 6.03 Å². The molecule has 124 valence electrons. The van der Waals surface area contributed by atoms with Crippen molar-refractivity contribution in [2.24, 2.45) is 0 Å². The van der Waals surface area contributed by atoms with Gasteiger partial charge in [-0.2, -0.15) is 5.10 Å². The topological polar surface area (TPSA) is 70.4 Å². The molecule has 6 heteroatoms. The second kappa shape index (κ2) is 8.33. The van der Waals surface area contributed by atoms with E-state index in [1.165, 1.54) is 0 Å². The molecule has 2 amide bonds. The van der Waals surface area contributed by atoms with Crippen LogP contribution in [0, 0.1) is 6.92 Å². The number of aliphatic hydroxyl groups excluding tert-OH is 1. The molecule has 23 heavy (non-hydrogen) atoms. The van der Waals surface area contributed by atoms with Crippen molar-refractivity contribution in [2.75, 3.05) is 25.0 Å². The molecule has 6 nitrogen and oxygen atoms in total. The van der Waals surface area contributed by atoms with Crippen molar-refractivity contribution < 1.29 is 9.90 Å². The zero-order valence-corrected chi connectivity index (χ0v) is 13.7. The van der Waals surface area contributed by atoms with E-state index < -0.39 is 0 Å². The number of aryl methyl sites for hydroxylation is 1. The number of aliphatic hydroxyl groups is 1. The van der Waals surface area contributed by atoms with Gasteiger partial charge in [-0.15, -0.1) is 0 Å². The normalized spacial score (nSPS) is 10.6. The van der Waals surface area contributed by atoms with Crippen molar-refractivity contribution in [2.45, 2.75) is 26.7 Å². The third-order valence-electron chi connectivity index (χ3n) is 3.55. The second-order valence-corrected chi connectivity index (χ2v) is 5.41. The predicted octanol–water partition coefficient (Wildman–Crippen LogP) is 2.81. The summed E-state index contributed by atoms with van der Waals surface area (Å²) in [5.41, 5.74) is 2.42. The lowest BCUT2D eigenvalue weighted by atomic mass is 10.2. The molecule has 0 spiro atoms. The molecule has 0 aliphatic heterocycles. The number of urea groups is 1. The Morgan fingerprint density at radius 3 is 2.74 bits per heavy atom. The summed E-state index contributed by atoms with van der Waals surface area (Å²) in [5, 5.41) is 16.5. The minimum Gasteiger partial charge on any atom is -0.395 e. The smallest absolute Gasteiger partial charge is 0.321 e. The first-order valence-electron chi connectivity index (χ1n) is 7.94. The first-order valence-corrected chi connectivity index (χ1v) is 7.94. The third kappa shape index (κ3) is 4.56. The van der Waals surface area contributed by atoms with Gasteiger partial charge in [-0.1, -0.05) is 25.5 Å². The van der Waals surface area contributed by atoms with E-state index in [9.17, 15) is 4.79 Å². The number of anilines is 1. The van der Waals surface area contributed by atoms with E-state index in [0.717, 1.165) is 24.2 Å². The van der Waals surface area contributed by atoms with Gasteiger partial charge in [0, 0.05) is 19.3 Å². The van der Waals surface area contributed by atoms with Crippen LogP contribution >= 0.6 is 0 Å². The summed E-state index contributed by atoms with van der Waals surface area (Å²) in [4.78, 5) is 14.1. The Kier molecular flexibility index (Phi) is 6.17. The van der Waals surface area contributed by atoms with Gasteiger partial charge in [0.2, 0.25) is 0 Å². The Morgan fingerprint density at radius 2 is 2.09 bits per heavy atom. The fourth-order valence-electron chi connectivity index (χ4n) is 2.31. The summed E-state index contributed by atoms with van der Waals surface area (Å²) >= 11 is 0. The van der Waals surface area contributed by atoms with Crippen LogP contribution in [-0.4, -0.2) is 45.5 Å². The molecule has 1 aromatic heterocycles. The van der Waals surface area contributed by atoms with Crippen LogP contribution < -0.4 is 5.32 Å². The van der Waals surface area contributed by atoms with E-state index >= 15 is 0 Å². The van der Waals surface area contributed by atoms with Gasteiger partial charge in [0.1, 0.15) is 0 Å². The molecule has 0 radical (unpaired) electrons. The summed E-state index contributed by atoms with van der Waals surface area (Å²) in [5.74, 6) is 0. The van der Waals surface area contributed by atoms with Gasteiger partial charge in [-0.25, -0.2) is 9.48 Å². The van der Waals surface area contributed by atoms with Crippen LogP contribution in [0.5, 0.6) is 0 Å². The summed E-state index contributed by atoms with van der Waals surface area (Å²) in [6, 6.07) is 9.25. The number of nitrogens with zero attached hydrogens (tertiary/aromatic N) is 3. The van der Waals surface area contributed by atoms with Crippen LogP contribution in [0.1, 0.15) is 25.5 Å². The van der Waals surface area contributed by atoms with Crippen molar-refractivity contribution in [1.29, 1.82) is 0 Å². The highest BCUT2D eigenvalue weighted by Crippen LogP contribution is 2.20. The largest absolute Gasteiger partial charge is 0.395 e. The van der Waals surface area contributed by atoms with Gasteiger partial charge in [-0.05, 0) is 31.5 Å². The van der Waals surface area contributed by atoms with E-state index in [0.29, 0.717) is 18.8 Å². The van der Waals surface area contributed by atoms with Crippen molar-refractivity contribution >= 4 is 11.7 Å². The predicted molar refractivity (Wildman–Crippen MR) is 90.9 cm³/mol. The minimum absolute atomic E-state index is 0.0445. The highest BCUT2D eigenvalue weighted by Gasteiger charge is 2.15. The van der Waals surface area contributed by atoms with Crippen molar-refractivity contribution in [3.8, 4) is 5.69 Å². The Balaban J connectivity index is 2.17. The van der Waals surface area contributed by atoms with Gasteiger partial charge in [0.05, 0.1) is 23.7 Å². The average Bonchev–Trinajstić information content (AvgIpc) is 2.98. The Bertz CT molecular complexity index is 639. The lowest BCUT2D eigenvalue weighted by Crippen LogP contribution is -2.38. The van der Waals surface area contributed by atoms with E-state index in [-0.39, 0.29) is 12.6 Å². The fraction of sp³-hybridized carbons (Fsp3) is 0.412. The number of aromatic nitrogens is 2. The number of nitrogens with one attached hydrogen (secondary N) is 1. The summed E-state index contributed by atoms with van der Waals surface area (Å²) in [7, 11) is 0. The molecule has 0 unspecified atom stereocenters. The number of hydrogen-bond donors (Lipinski definition) is 2. The van der Waals surface area contributed by atoms with Crippen LogP contribution in [0.3, 0.4) is 0 Å². The standard InChI is InChI=1S/C17H24N4O2/c1-3-4-10-20(12-13-22)17(23)18-15-7-5-6-8-16(15)21-11-9-14(2)19-21/h5-9,11,22H,3-4,10,12-13H2,1-2H3,(H,18,23). The first kappa shape index (κ1) is 17.0. The van der Waals surface area contributed by atoms with Crippen molar-refractivity contribution in [3.05, 3.63) is 42.2 Å². The fourth-order valence-corrected chi connectivity index (χ4v) is 2.31. The van der Waals surface area contributed by atoms with E-state index in [1.54, 1.807) is 9.58 Å². The van der Waals surface area contributed by atoms with Crippen molar-refractivity contribution in [3.63, 3.8) is 0 Å². The van der Waals surface area contributed by atoms with Crippen LogP contribution in [0.4, 0.5) is 10.5 Å². The lowest BCUT2D eigenvalue weighted by Gasteiger charge is -2.22. The summed E-state index contributed by atoms with van der Waals surface area (Å²) in [6.07, 6.45) is 3.77. The highest BCUT2D eigenvalue weighted by molar-refractivity contribution is 5.91. The number of carbonyl (C=O) groups excluding carboxylic acids is 1. The maximum Gasteiger partial charge on any atom is 0.321 e. The molecular weight excluding hydrogens is 292 g/mol. The molecule has 2 rings (SSSR count). The SMILES string of the molecule is CCCCN(CCO)C(=O)Nc1ccccc1-n1ccc(C)n1. The summed E-state index contributed by atoms with van der Waals surface area (Å²) < 4.78 is 1.74. The lowest BCUT2D eigenvalue weighted by molar-refractivity contribution is 0.187. The number of para-hydroxylation sites is 2. The molecule has 0 aliphatic carbocycles. The molecule has 0 saturated carbocycles. The van der Waals surface area contributed by atoms with Crippen LogP contribution in [-0.2, 0) is 0 Å². The maximum atomic E-state index is 12.5. The number of rotatable bonds is 7. The highest BCUT2D eigenvalue weighted by atomic mass is 16.3. The zero-order chi connectivity index (χ0) is 16.7. The molecule has 1 heterocycles. The molecule has 2 aromatic rings. The average molecular weight is 316 g/mol. The van der Waals surface area contributed by atoms with Gasteiger partial charge in [-0.3, -0.25) is 0 Å². The molecule has 0 saturated heterocycles. The quantitative estimate of drug-likeness (QED) is 0.825. The first-order chi connectivity index (χ1) is 11.2. The van der Waals surface area contributed by atoms with Gasteiger partial charge in [0.25, 0.3) is 0 Å². The van der Waals surface area contributed by atoms with E-state index in [2.05, 4.69) is 17.3 Å². The molecule has 0 atom stereocenters. The minimum atomic E-state index is -0.205. The Labute approximate surface area is 136 Å². The number of hydrogen-bond acceptors (Lipinski definition) is 3.